The highest BCUT2D eigenvalue weighted by Gasteiger charge is 2.15. The number of nitrogens with two attached hydrogens (primary N) is 1. The van der Waals surface area contributed by atoms with Crippen molar-refractivity contribution in [2.24, 2.45) is 5.73 Å². The van der Waals surface area contributed by atoms with Gasteiger partial charge in [-0.3, -0.25) is 4.79 Å². The molecular formula is C12H17NO4S. The number of hydrogen-bond acceptors (Lipinski definition) is 5. The molecule has 0 aliphatic heterocycles. The van der Waals surface area contributed by atoms with E-state index in [1.807, 2.05) is 0 Å². The Morgan fingerprint density at radius 3 is 2.33 bits per heavy atom. The maximum atomic E-state index is 11.6. The lowest BCUT2D eigenvalue weighted by atomic mass is 10.1. The van der Waals surface area contributed by atoms with E-state index in [1.165, 1.54) is 19.2 Å². The highest BCUT2D eigenvalue weighted by molar-refractivity contribution is 7.91. The van der Waals surface area contributed by atoms with Gasteiger partial charge in [0.15, 0.2) is 9.84 Å². The number of esters is 1. The topological polar surface area (TPSA) is 86.5 Å². The number of ether oxygens (including phenoxy) is 1. The summed E-state index contributed by atoms with van der Waals surface area (Å²) in [5.41, 5.74) is 6.41. The minimum atomic E-state index is -3.19. The maximum absolute atomic E-state index is 11.6. The molecule has 1 unspecified atom stereocenters. The van der Waals surface area contributed by atoms with Crippen LogP contribution in [0, 0.1) is 0 Å². The van der Waals surface area contributed by atoms with Crippen molar-refractivity contribution in [3.63, 3.8) is 0 Å². The summed E-state index contributed by atoms with van der Waals surface area (Å²) in [6.45, 7) is 1.59. The standard InChI is InChI=1S/C12H17NO4S/c1-3-18(15,16)10-6-4-9(5-7-10)8-11(13)12(14)17-2/h4-7,11H,3,8,13H2,1-2H3. The van der Waals surface area contributed by atoms with Crippen molar-refractivity contribution in [1.82, 2.24) is 0 Å². The largest absolute Gasteiger partial charge is 0.468 e. The molecule has 18 heavy (non-hydrogen) atoms. The number of carbonyl (C=O) groups is 1. The summed E-state index contributed by atoms with van der Waals surface area (Å²) in [6.07, 6.45) is 0.319. The van der Waals surface area contributed by atoms with Crippen LogP contribution in [-0.4, -0.2) is 33.3 Å². The first-order valence-electron chi connectivity index (χ1n) is 5.55. The van der Waals surface area contributed by atoms with Crippen LogP contribution < -0.4 is 5.73 Å². The van der Waals surface area contributed by atoms with E-state index in [0.717, 1.165) is 5.56 Å². The lowest BCUT2D eigenvalue weighted by molar-refractivity contribution is -0.142. The summed E-state index contributed by atoms with van der Waals surface area (Å²) in [6, 6.07) is 5.64. The molecule has 1 rings (SSSR count). The van der Waals surface area contributed by atoms with Gasteiger partial charge in [0.1, 0.15) is 6.04 Å². The molecule has 0 amide bonds. The van der Waals surface area contributed by atoms with E-state index in [-0.39, 0.29) is 10.6 Å². The molecule has 2 N–H and O–H groups in total. The zero-order valence-electron chi connectivity index (χ0n) is 10.4. The van der Waals surface area contributed by atoms with Crippen LogP contribution in [0.25, 0.3) is 0 Å². The van der Waals surface area contributed by atoms with E-state index < -0.39 is 21.8 Å². The predicted molar refractivity (Wildman–Crippen MR) is 67.9 cm³/mol. The third-order valence-corrected chi connectivity index (χ3v) is 4.37. The zero-order chi connectivity index (χ0) is 13.8. The average Bonchev–Trinajstić information content (AvgIpc) is 2.38. The monoisotopic (exact) mass is 271 g/mol. The molecule has 0 bridgehead atoms. The highest BCUT2D eigenvalue weighted by atomic mass is 32.2. The van der Waals surface area contributed by atoms with Gasteiger partial charge in [0, 0.05) is 0 Å². The summed E-state index contributed by atoms with van der Waals surface area (Å²) in [7, 11) is -1.91. The minimum absolute atomic E-state index is 0.0635. The molecule has 6 heteroatoms. The van der Waals surface area contributed by atoms with Crippen LogP contribution in [-0.2, 0) is 25.8 Å². The average molecular weight is 271 g/mol. The fraction of sp³-hybridized carbons (Fsp3) is 0.417. The van der Waals surface area contributed by atoms with Gasteiger partial charge in [-0.1, -0.05) is 19.1 Å². The van der Waals surface area contributed by atoms with Crippen molar-refractivity contribution < 1.29 is 17.9 Å². The molecule has 0 spiro atoms. The van der Waals surface area contributed by atoms with Gasteiger partial charge in [-0.05, 0) is 24.1 Å². The molecule has 1 aromatic rings. The smallest absolute Gasteiger partial charge is 0.322 e. The van der Waals surface area contributed by atoms with Crippen LogP contribution in [0.5, 0.6) is 0 Å². The van der Waals surface area contributed by atoms with Crippen molar-refractivity contribution in [2.75, 3.05) is 12.9 Å². The van der Waals surface area contributed by atoms with E-state index >= 15 is 0 Å². The van der Waals surface area contributed by atoms with Crippen LogP contribution in [0.4, 0.5) is 0 Å². The molecule has 0 aliphatic rings. The molecule has 0 heterocycles. The number of hydrogen-bond donors (Lipinski definition) is 1. The normalized spacial score (nSPS) is 13.1. The van der Waals surface area contributed by atoms with E-state index in [0.29, 0.717) is 6.42 Å². The lowest BCUT2D eigenvalue weighted by Gasteiger charge is -2.09. The lowest BCUT2D eigenvalue weighted by Crippen LogP contribution is -2.33. The maximum Gasteiger partial charge on any atom is 0.322 e. The molecular weight excluding hydrogens is 254 g/mol. The van der Waals surface area contributed by atoms with Gasteiger partial charge in [0.25, 0.3) is 0 Å². The molecule has 0 aliphatic carbocycles. The van der Waals surface area contributed by atoms with Gasteiger partial charge in [-0.2, -0.15) is 0 Å². The third-order valence-electron chi connectivity index (χ3n) is 2.62. The number of rotatable bonds is 5. The van der Waals surface area contributed by atoms with Gasteiger partial charge in [0.2, 0.25) is 0 Å². The number of carbonyl (C=O) groups excluding carboxylic acids is 1. The second-order valence-electron chi connectivity index (χ2n) is 3.88. The molecule has 5 nitrogen and oxygen atoms in total. The first-order chi connectivity index (χ1) is 8.40. The summed E-state index contributed by atoms with van der Waals surface area (Å²) in [5, 5.41) is 0. The Labute approximate surface area is 107 Å². The van der Waals surface area contributed by atoms with Gasteiger partial charge < -0.3 is 10.5 Å². The molecule has 0 radical (unpaired) electrons. The Kier molecular flexibility index (Phi) is 4.86. The molecule has 1 atom stereocenters. The van der Waals surface area contributed by atoms with Gasteiger partial charge >= 0.3 is 5.97 Å². The quantitative estimate of drug-likeness (QED) is 0.789. The van der Waals surface area contributed by atoms with Gasteiger partial charge in [0.05, 0.1) is 17.8 Å². The number of benzene rings is 1. The van der Waals surface area contributed by atoms with Crippen molar-refractivity contribution in [3.8, 4) is 0 Å². The summed E-state index contributed by atoms with van der Waals surface area (Å²) in [4.78, 5) is 11.4. The Balaban J connectivity index is 2.81. The first-order valence-corrected chi connectivity index (χ1v) is 7.21. The Morgan fingerprint density at radius 1 is 1.33 bits per heavy atom. The molecule has 0 saturated carbocycles. The van der Waals surface area contributed by atoms with Crippen molar-refractivity contribution >= 4 is 15.8 Å². The van der Waals surface area contributed by atoms with Crippen LogP contribution in [0.15, 0.2) is 29.2 Å². The Hall–Kier alpha value is -1.40. The van der Waals surface area contributed by atoms with Crippen molar-refractivity contribution in [1.29, 1.82) is 0 Å². The fourth-order valence-electron chi connectivity index (χ4n) is 1.49. The van der Waals surface area contributed by atoms with Crippen LogP contribution in [0.2, 0.25) is 0 Å². The highest BCUT2D eigenvalue weighted by Crippen LogP contribution is 2.13. The molecule has 0 saturated heterocycles. The van der Waals surface area contributed by atoms with Gasteiger partial charge in [-0.15, -0.1) is 0 Å². The fourth-order valence-corrected chi connectivity index (χ4v) is 2.37. The van der Waals surface area contributed by atoms with E-state index in [1.54, 1.807) is 19.1 Å². The molecule has 1 aromatic carbocycles. The molecule has 100 valence electrons. The number of methoxy groups -OCH3 is 1. The summed E-state index contributed by atoms with van der Waals surface area (Å²) < 4.78 is 27.7. The van der Waals surface area contributed by atoms with E-state index in [4.69, 9.17) is 5.73 Å². The summed E-state index contributed by atoms with van der Waals surface area (Å²) >= 11 is 0. The van der Waals surface area contributed by atoms with E-state index in [2.05, 4.69) is 4.74 Å². The second-order valence-corrected chi connectivity index (χ2v) is 6.16. The van der Waals surface area contributed by atoms with Gasteiger partial charge in [-0.25, -0.2) is 8.42 Å². The molecule has 0 aromatic heterocycles. The van der Waals surface area contributed by atoms with Crippen LogP contribution >= 0.6 is 0 Å². The van der Waals surface area contributed by atoms with Crippen LogP contribution in [0.1, 0.15) is 12.5 Å². The summed E-state index contributed by atoms with van der Waals surface area (Å²) in [5.74, 6) is -0.422. The minimum Gasteiger partial charge on any atom is -0.468 e. The SMILES string of the molecule is CCS(=O)(=O)c1ccc(CC(N)C(=O)OC)cc1. The predicted octanol–water partition coefficient (Wildman–Crippen LogP) is 0.523. The zero-order valence-corrected chi connectivity index (χ0v) is 11.2. The Morgan fingerprint density at radius 2 is 1.89 bits per heavy atom. The van der Waals surface area contributed by atoms with Crippen molar-refractivity contribution in [2.45, 2.75) is 24.3 Å². The van der Waals surface area contributed by atoms with Crippen molar-refractivity contribution in [3.05, 3.63) is 29.8 Å². The first kappa shape index (κ1) is 14.7. The Bertz CT molecular complexity index is 507. The number of sulfone groups is 1. The van der Waals surface area contributed by atoms with Crippen LogP contribution in [0.3, 0.4) is 0 Å². The second kappa shape index (κ2) is 5.97. The van der Waals surface area contributed by atoms with E-state index in [9.17, 15) is 13.2 Å². The third kappa shape index (κ3) is 3.54. The molecule has 0 fully saturated rings.